The molecule has 0 aliphatic heterocycles. The van der Waals surface area contributed by atoms with Crippen molar-refractivity contribution in [2.75, 3.05) is 17.2 Å². The van der Waals surface area contributed by atoms with Crippen LogP contribution in [-0.2, 0) is 9.84 Å². The van der Waals surface area contributed by atoms with Gasteiger partial charge in [-0.25, -0.2) is 8.42 Å². The predicted molar refractivity (Wildman–Crippen MR) is 75.4 cm³/mol. The maximum atomic E-state index is 11.7. The molecule has 1 N–H and O–H groups in total. The highest BCUT2D eigenvalue weighted by Gasteiger charge is 2.10. The van der Waals surface area contributed by atoms with Gasteiger partial charge in [-0.1, -0.05) is 28.7 Å². The van der Waals surface area contributed by atoms with Crippen LogP contribution in [0.1, 0.15) is 16.8 Å². The number of rotatable bonds is 5. The number of hydrogen-bond acceptors (Lipinski definition) is 3. The highest BCUT2D eigenvalue weighted by Crippen LogP contribution is 2.11. The number of hydrogen-bond donors (Lipinski definition) is 1. The van der Waals surface area contributed by atoms with Crippen LogP contribution in [0, 0.1) is 0 Å². The molecule has 0 saturated carbocycles. The van der Waals surface area contributed by atoms with E-state index in [1.807, 2.05) is 0 Å². The molecule has 1 rings (SSSR count). The van der Waals surface area contributed by atoms with Gasteiger partial charge in [0.2, 0.25) is 0 Å². The predicted octanol–water partition coefficient (Wildman–Crippen LogP) is 1.65. The van der Waals surface area contributed by atoms with Gasteiger partial charge in [-0.3, -0.25) is 4.79 Å². The molecular weight excluding hydrogens is 353 g/mol. The van der Waals surface area contributed by atoms with Crippen LogP contribution in [-0.4, -0.2) is 31.6 Å². The summed E-state index contributed by atoms with van der Waals surface area (Å²) in [6.07, 6.45) is 2.03. The van der Waals surface area contributed by atoms with Gasteiger partial charge in [-0.15, -0.1) is 0 Å². The van der Waals surface area contributed by atoms with Gasteiger partial charge >= 0.3 is 0 Å². The van der Waals surface area contributed by atoms with Gasteiger partial charge in [0.25, 0.3) is 5.91 Å². The van der Waals surface area contributed by atoms with Crippen LogP contribution >= 0.6 is 22.6 Å². The topological polar surface area (TPSA) is 63.2 Å². The van der Waals surface area contributed by atoms with Crippen LogP contribution in [0.25, 0.3) is 0 Å². The van der Waals surface area contributed by atoms with Crippen molar-refractivity contribution in [3.8, 4) is 0 Å². The highest BCUT2D eigenvalue weighted by molar-refractivity contribution is 14.1. The van der Waals surface area contributed by atoms with E-state index in [1.54, 1.807) is 12.1 Å². The SMILES string of the molecule is CS(=O)(=O)c1cccc(C(=O)NCCCI)c1. The average molecular weight is 367 g/mol. The molecule has 0 radical (unpaired) electrons. The second-order valence-electron chi connectivity index (χ2n) is 3.60. The summed E-state index contributed by atoms with van der Waals surface area (Å²) in [5, 5.41) is 2.74. The molecule has 0 aliphatic rings. The van der Waals surface area contributed by atoms with E-state index in [0.717, 1.165) is 17.1 Å². The highest BCUT2D eigenvalue weighted by atomic mass is 127. The number of nitrogens with one attached hydrogen (secondary N) is 1. The Morgan fingerprint density at radius 1 is 1.41 bits per heavy atom. The van der Waals surface area contributed by atoms with E-state index in [1.165, 1.54) is 12.1 Å². The average Bonchev–Trinajstić information content (AvgIpc) is 2.28. The molecule has 0 spiro atoms. The van der Waals surface area contributed by atoms with E-state index in [4.69, 9.17) is 0 Å². The number of sulfone groups is 1. The van der Waals surface area contributed by atoms with E-state index in [0.29, 0.717) is 12.1 Å². The number of benzene rings is 1. The molecule has 0 saturated heterocycles. The molecule has 1 amide bonds. The molecule has 1 aromatic rings. The third-order valence-corrected chi connectivity index (χ3v) is 3.99. The van der Waals surface area contributed by atoms with Crippen molar-refractivity contribution in [1.82, 2.24) is 5.32 Å². The molecule has 0 aliphatic carbocycles. The van der Waals surface area contributed by atoms with E-state index in [2.05, 4.69) is 27.9 Å². The molecule has 4 nitrogen and oxygen atoms in total. The first-order chi connectivity index (χ1) is 7.95. The minimum absolute atomic E-state index is 0.166. The van der Waals surface area contributed by atoms with Crippen molar-refractivity contribution in [2.24, 2.45) is 0 Å². The van der Waals surface area contributed by atoms with Gasteiger partial charge in [0.15, 0.2) is 9.84 Å². The Kier molecular flexibility index (Phi) is 5.38. The fraction of sp³-hybridized carbons (Fsp3) is 0.364. The quantitative estimate of drug-likeness (QED) is 0.489. The molecule has 94 valence electrons. The van der Waals surface area contributed by atoms with Gasteiger partial charge in [-0.05, 0) is 24.6 Å². The standard InChI is InChI=1S/C11H14INO3S/c1-17(15,16)10-5-2-4-9(8-10)11(14)13-7-3-6-12/h2,4-5,8H,3,6-7H2,1H3,(H,13,14). The summed E-state index contributed by atoms with van der Waals surface area (Å²) in [5.74, 6) is -0.236. The largest absolute Gasteiger partial charge is 0.352 e. The lowest BCUT2D eigenvalue weighted by molar-refractivity contribution is 0.0953. The van der Waals surface area contributed by atoms with Gasteiger partial charge in [0.05, 0.1) is 4.90 Å². The molecule has 0 unspecified atom stereocenters. The molecule has 0 aromatic heterocycles. The Morgan fingerprint density at radius 2 is 2.12 bits per heavy atom. The normalized spacial score (nSPS) is 11.2. The zero-order valence-electron chi connectivity index (χ0n) is 9.44. The smallest absolute Gasteiger partial charge is 0.251 e. The van der Waals surface area contributed by atoms with Crippen molar-refractivity contribution in [3.05, 3.63) is 29.8 Å². The second kappa shape index (κ2) is 6.34. The van der Waals surface area contributed by atoms with Crippen LogP contribution in [0.5, 0.6) is 0 Å². The summed E-state index contributed by atoms with van der Waals surface area (Å²) in [6, 6.07) is 6.06. The summed E-state index contributed by atoms with van der Waals surface area (Å²) in [5.41, 5.74) is 0.376. The van der Waals surface area contributed by atoms with E-state index < -0.39 is 9.84 Å². The van der Waals surface area contributed by atoms with Crippen molar-refractivity contribution in [2.45, 2.75) is 11.3 Å². The van der Waals surface area contributed by atoms with Gasteiger partial charge in [0.1, 0.15) is 0 Å². The van der Waals surface area contributed by atoms with Gasteiger partial charge in [0, 0.05) is 22.8 Å². The number of halogens is 1. The maximum absolute atomic E-state index is 11.7. The van der Waals surface area contributed by atoms with Crippen molar-refractivity contribution >= 4 is 38.3 Å². The zero-order valence-corrected chi connectivity index (χ0v) is 12.4. The second-order valence-corrected chi connectivity index (χ2v) is 6.69. The minimum Gasteiger partial charge on any atom is -0.352 e. The fourth-order valence-corrected chi connectivity index (χ4v) is 2.29. The fourth-order valence-electron chi connectivity index (χ4n) is 1.24. The van der Waals surface area contributed by atoms with Crippen LogP contribution < -0.4 is 5.32 Å². The summed E-state index contributed by atoms with van der Waals surface area (Å²) in [4.78, 5) is 11.9. The first kappa shape index (κ1) is 14.4. The van der Waals surface area contributed by atoms with Crippen molar-refractivity contribution < 1.29 is 13.2 Å². The molecule has 0 atom stereocenters. The van der Waals surface area contributed by atoms with E-state index in [-0.39, 0.29) is 10.8 Å². The Balaban J connectivity index is 2.82. The van der Waals surface area contributed by atoms with Gasteiger partial charge < -0.3 is 5.32 Å². The van der Waals surface area contributed by atoms with Crippen LogP contribution in [0.3, 0.4) is 0 Å². The summed E-state index contributed by atoms with van der Waals surface area (Å²) < 4.78 is 23.6. The first-order valence-corrected chi connectivity index (χ1v) is 8.51. The molecular formula is C11H14INO3S. The maximum Gasteiger partial charge on any atom is 0.251 e. The van der Waals surface area contributed by atoms with Crippen molar-refractivity contribution in [3.63, 3.8) is 0 Å². The lowest BCUT2D eigenvalue weighted by atomic mass is 10.2. The number of alkyl halides is 1. The third-order valence-electron chi connectivity index (χ3n) is 2.12. The lowest BCUT2D eigenvalue weighted by Crippen LogP contribution is -2.24. The van der Waals surface area contributed by atoms with E-state index in [9.17, 15) is 13.2 Å². The molecule has 0 bridgehead atoms. The van der Waals surface area contributed by atoms with Gasteiger partial charge in [-0.2, -0.15) is 0 Å². The minimum atomic E-state index is -3.27. The molecule has 0 heterocycles. The number of carbonyl (C=O) groups is 1. The van der Waals surface area contributed by atoms with Crippen molar-refractivity contribution in [1.29, 1.82) is 0 Å². The molecule has 1 aromatic carbocycles. The molecule has 0 fully saturated rings. The molecule has 6 heteroatoms. The van der Waals surface area contributed by atoms with E-state index >= 15 is 0 Å². The number of carbonyl (C=O) groups excluding carboxylic acids is 1. The monoisotopic (exact) mass is 367 g/mol. The Hall–Kier alpha value is -0.630. The summed E-state index contributed by atoms with van der Waals surface area (Å²) >= 11 is 2.23. The van der Waals surface area contributed by atoms with Crippen LogP contribution in [0.2, 0.25) is 0 Å². The third kappa shape index (κ3) is 4.63. The lowest BCUT2D eigenvalue weighted by Gasteiger charge is -2.05. The summed E-state index contributed by atoms with van der Waals surface area (Å²) in [7, 11) is -3.27. The Labute approximate surface area is 115 Å². The Bertz CT molecular complexity index is 499. The van der Waals surface area contributed by atoms with Crippen LogP contribution in [0.15, 0.2) is 29.2 Å². The molecule has 17 heavy (non-hydrogen) atoms. The number of amides is 1. The Morgan fingerprint density at radius 3 is 2.71 bits per heavy atom. The zero-order chi connectivity index (χ0) is 12.9. The first-order valence-electron chi connectivity index (χ1n) is 5.09. The summed E-state index contributed by atoms with van der Waals surface area (Å²) in [6.45, 7) is 0.602. The van der Waals surface area contributed by atoms with Crippen LogP contribution in [0.4, 0.5) is 0 Å².